The smallest absolute Gasteiger partial charge is 0.256 e. The molecule has 3 rings (SSSR count). The normalized spacial score (nSPS) is 20.3. The second-order valence-electron chi connectivity index (χ2n) is 6.67. The molecule has 1 unspecified atom stereocenters. The molecule has 1 atom stereocenters. The van der Waals surface area contributed by atoms with E-state index in [1.807, 2.05) is 13.8 Å². The summed E-state index contributed by atoms with van der Waals surface area (Å²) in [7, 11) is 1.60. The van der Waals surface area contributed by atoms with E-state index in [0.29, 0.717) is 30.6 Å². The highest BCUT2D eigenvalue weighted by Crippen LogP contribution is 2.25. The summed E-state index contributed by atoms with van der Waals surface area (Å²) in [6, 6.07) is 6.11. The summed E-state index contributed by atoms with van der Waals surface area (Å²) in [5, 5.41) is 0.613. The van der Waals surface area contributed by atoms with Gasteiger partial charge in [0, 0.05) is 31.8 Å². The molecule has 0 radical (unpaired) electrons. The number of benzene rings is 1. The fraction of sp³-hybridized carbons (Fsp3) is 0.444. The number of carbonyl (C=O) groups excluding carboxylic acids is 1. The first-order chi connectivity index (χ1) is 11.4. The fourth-order valence-electron chi connectivity index (χ4n) is 3.21. The first-order valence-corrected chi connectivity index (χ1v) is 7.90. The van der Waals surface area contributed by atoms with Crippen LogP contribution < -0.4 is 0 Å². The third-order valence-corrected chi connectivity index (χ3v) is 4.02. The minimum absolute atomic E-state index is 0.213. The minimum atomic E-state index is -0.492. The van der Waals surface area contributed by atoms with Crippen molar-refractivity contribution in [2.24, 2.45) is 0 Å². The van der Waals surface area contributed by atoms with Crippen LogP contribution in [-0.2, 0) is 9.47 Å². The molecule has 0 N–H and O–H groups in total. The number of morpholine rings is 1. The van der Waals surface area contributed by atoms with Gasteiger partial charge in [0.15, 0.2) is 0 Å². The van der Waals surface area contributed by atoms with Crippen LogP contribution in [-0.4, -0.2) is 54.3 Å². The van der Waals surface area contributed by atoms with E-state index in [2.05, 4.69) is 4.98 Å². The maximum atomic E-state index is 13.9. The minimum Gasteiger partial charge on any atom is -0.382 e. The molecule has 5 nitrogen and oxygen atoms in total. The summed E-state index contributed by atoms with van der Waals surface area (Å²) in [5.74, 6) is -0.685. The molecular formula is C18H21FN2O3. The second-order valence-corrected chi connectivity index (χ2v) is 6.67. The Morgan fingerprint density at radius 1 is 1.50 bits per heavy atom. The number of ether oxygens (including phenoxy) is 2. The van der Waals surface area contributed by atoms with Gasteiger partial charge in [-0.2, -0.15) is 0 Å². The molecule has 6 heteroatoms. The number of aromatic nitrogens is 1. The lowest BCUT2D eigenvalue weighted by molar-refractivity contribution is -0.143. The van der Waals surface area contributed by atoms with Gasteiger partial charge in [0.1, 0.15) is 5.82 Å². The molecule has 2 aromatic rings. The van der Waals surface area contributed by atoms with E-state index in [1.165, 1.54) is 12.1 Å². The van der Waals surface area contributed by atoms with Gasteiger partial charge in [-0.05, 0) is 32.0 Å². The molecule has 0 bridgehead atoms. The molecule has 0 saturated carbocycles. The molecule has 1 aromatic heterocycles. The standard InChI is InChI=1S/C18H21FN2O3/c1-18(2)11-21(9-14(24-18)10-23-3)17(22)15-8-13(19)7-12-5-4-6-20-16(12)15/h4-8,14H,9-11H2,1-3H3. The summed E-state index contributed by atoms with van der Waals surface area (Å²) in [6.07, 6.45) is 1.39. The van der Waals surface area contributed by atoms with E-state index in [-0.39, 0.29) is 17.6 Å². The number of methoxy groups -OCH3 is 1. The molecule has 2 heterocycles. The maximum Gasteiger partial charge on any atom is 0.256 e. The summed E-state index contributed by atoms with van der Waals surface area (Å²) < 4.78 is 25.0. The average molecular weight is 332 g/mol. The number of amides is 1. The van der Waals surface area contributed by atoms with Crippen molar-refractivity contribution in [3.63, 3.8) is 0 Å². The number of fused-ring (bicyclic) bond motifs is 1. The van der Waals surface area contributed by atoms with Crippen LogP contribution in [0.1, 0.15) is 24.2 Å². The lowest BCUT2D eigenvalue weighted by Crippen LogP contribution is -2.55. The highest BCUT2D eigenvalue weighted by molar-refractivity contribution is 6.05. The van der Waals surface area contributed by atoms with Crippen LogP contribution in [0, 0.1) is 5.82 Å². The Balaban J connectivity index is 1.96. The first kappa shape index (κ1) is 16.8. The summed E-state index contributed by atoms with van der Waals surface area (Å²) in [5.41, 5.74) is 0.296. The van der Waals surface area contributed by atoms with Crippen molar-refractivity contribution < 1.29 is 18.7 Å². The molecule has 1 aromatic carbocycles. The van der Waals surface area contributed by atoms with Crippen LogP contribution >= 0.6 is 0 Å². The molecular weight excluding hydrogens is 311 g/mol. The molecule has 1 fully saturated rings. The van der Waals surface area contributed by atoms with Gasteiger partial charge in [-0.1, -0.05) is 6.07 Å². The van der Waals surface area contributed by atoms with Crippen LogP contribution in [0.5, 0.6) is 0 Å². The topological polar surface area (TPSA) is 51.7 Å². The van der Waals surface area contributed by atoms with Gasteiger partial charge in [0.25, 0.3) is 5.91 Å². The van der Waals surface area contributed by atoms with Gasteiger partial charge >= 0.3 is 0 Å². The van der Waals surface area contributed by atoms with Crippen molar-refractivity contribution in [2.75, 3.05) is 26.8 Å². The molecule has 24 heavy (non-hydrogen) atoms. The van der Waals surface area contributed by atoms with E-state index in [0.717, 1.165) is 0 Å². The van der Waals surface area contributed by atoms with Crippen LogP contribution in [0.2, 0.25) is 0 Å². The van der Waals surface area contributed by atoms with Crippen LogP contribution in [0.3, 0.4) is 0 Å². The zero-order valence-corrected chi connectivity index (χ0v) is 14.1. The maximum absolute atomic E-state index is 13.9. The second kappa shape index (κ2) is 6.45. The quantitative estimate of drug-likeness (QED) is 0.867. The molecule has 0 spiro atoms. The van der Waals surface area contributed by atoms with Crippen molar-refractivity contribution in [3.05, 3.63) is 41.8 Å². The third kappa shape index (κ3) is 3.39. The van der Waals surface area contributed by atoms with E-state index in [9.17, 15) is 9.18 Å². The van der Waals surface area contributed by atoms with Gasteiger partial charge in [-0.3, -0.25) is 9.78 Å². The largest absolute Gasteiger partial charge is 0.382 e. The van der Waals surface area contributed by atoms with E-state index in [1.54, 1.807) is 30.3 Å². The van der Waals surface area contributed by atoms with Crippen molar-refractivity contribution >= 4 is 16.8 Å². The number of nitrogens with zero attached hydrogens (tertiary/aromatic N) is 2. The Morgan fingerprint density at radius 3 is 3.04 bits per heavy atom. The zero-order valence-electron chi connectivity index (χ0n) is 14.1. The van der Waals surface area contributed by atoms with E-state index >= 15 is 0 Å². The van der Waals surface area contributed by atoms with Crippen LogP contribution in [0.25, 0.3) is 10.9 Å². The van der Waals surface area contributed by atoms with Gasteiger partial charge in [0.2, 0.25) is 0 Å². The van der Waals surface area contributed by atoms with Gasteiger partial charge in [0.05, 0.1) is 29.4 Å². The monoisotopic (exact) mass is 332 g/mol. The molecule has 1 aliphatic heterocycles. The molecule has 1 aliphatic rings. The SMILES string of the molecule is COCC1CN(C(=O)c2cc(F)cc3cccnc23)CC(C)(C)O1. The Hall–Kier alpha value is -2.05. The van der Waals surface area contributed by atoms with Crippen molar-refractivity contribution in [2.45, 2.75) is 25.6 Å². The van der Waals surface area contributed by atoms with Crippen molar-refractivity contribution in [1.29, 1.82) is 0 Å². The number of rotatable bonds is 3. The Morgan fingerprint density at radius 2 is 2.29 bits per heavy atom. The predicted octanol–water partition coefficient (Wildman–Crippen LogP) is 2.64. The Labute approximate surface area is 140 Å². The third-order valence-electron chi connectivity index (χ3n) is 4.02. The zero-order chi connectivity index (χ0) is 17.3. The van der Waals surface area contributed by atoms with Gasteiger partial charge in [-0.25, -0.2) is 4.39 Å². The van der Waals surface area contributed by atoms with Crippen molar-refractivity contribution in [3.8, 4) is 0 Å². The highest BCUT2D eigenvalue weighted by Gasteiger charge is 2.36. The lowest BCUT2D eigenvalue weighted by atomic mass is 10.0. The van der Waals surface area contributed by atoms with E-state index < -0.39 is 11.4 Å². The summed E-state index contributed by atoms with van der Waals surface area (Å²) >= 11 is 0. The molecule has 128 valence electrons. The molecule has 1 saturated heterocycles. The fourth-order valence-corrected chi connectivity index (χ4v) is 3.21. The number of carbonyl (C=O) groups is 1. The first-order valence-electron chi connectivity index (χ1n) is 7.90. The molecule has 1 amide bonds. The van der Waals surface area contributed by atoms with Crippen LogP contribution in [0.4, 0.5) is 4.39 Å². The van der Waals surface area contributed by atoms with Crippen LogP contribution in [0.15, 0.2) is 30.5 Å². The number of pyridine rings is 1. The summed E-state index contributed by atoms with van der Waals surface area (Å²) in [6.45, 7) is 5.08. The number of hydrogen-bond acceptors (Lipinski definition) is 4. The number of hydrogen-bond donors (Lipinski definition) is 0. The summed E-state index contributed by atoms with van der Waals surface area (Å²) in [4.78, 5) is 19.0. The Bertz CT molecular complexity index is 763. The average Bonchev–Trinajstić information content (AvgIpc) is 2.52. The van der Waals surface area contributed by atoms with Gasteiger partial charge in [-0.15, -0.1) is 0 Å². The molecule has 0 aliphatic carbocycles. The van der Waals surface area contributed by atoms with Crippen molar-refractivity contribution in [1.82, 2.24) is 9.88 Å². The van der Waals surface area contributed by atoms with E-state index in [4.69, 9.17) is 9.47 Å². The lowest BCUT2D eigenvalue weighted by Gasteiger charge is -2.42. The predicted molar refractivity (Wildman–Crippen MR) is 88.4 cm³/mol. The number of halogens is 1. The Kier molecular flexibility index (Phi) is 4.51. The highest BCUT2D eigenvalue weighted by atomic mass is 19.1. The van der Waals surface area contributed by atoms with Gasteiger partial charge < -0.3 is 14.4 Å².